The van der Waals surface area contributed by atoms with Crippen LogP contribution in [0.5, 0.6) is 0 Å². The van der Waals surface area contributed by atoms with Crippen LogP contribution in [0.4, 0.5) is 0 Å². The van der Waals surface area contributed by atoms with Crippen LogP contribution in [-0.4, -0.2) is 37.2 Å². The predicted octanol–water partition coefficient (Wildman–Crippen LogP) is 24.8. The van der Waals surface area contributed by atoms with Crippen LogP contribution >= 0.6 is 0 Å². The van der Waals surface area contributed by atoms with Crippen molar-refractivity contribution in [1.29, 1.82) is 0 Å². The van der Waals surface area contributed by atoms with Crippen LogP contribution in [0, 0.1) is 0 Å². The largest absolute Gasteiger partial charge is 0.462 e. The van der Waals surface area contributed by atoms with E-state index in [2.05, 4.69) is 93.7 Å². The van der Waals surface area contributed by atoms with Crippen molar-refractivity contribution in [2.75, 3.05) is 13.2 Å². The van der Waals surface area contributed by atoms with E-state index in [9.17, 15) is 14.4 Å². The molecular weight excluding hydrogens is 1010 g/mol. The molecule has 0 amide bonds. The van der Waals surface area contributed by atoms with Crippen molar-refractivity contribution in [1.82, 2.24) is 0 Å². The zero-order valence-corrected chi connectivity index (χ0v) is 54.8. The zero-order valence-electron chi connectivity index (χ0n) is 54.8. The lowest BCUT2D eigenvalue weighted by Crippen LogP contribution is -2.30. The van der Waals surface area contributed by atoms with Crippen molar-refractivity contribution in [2.45, 2.75) is 380 Å². The highest BCUT2D eigenvalue weighted by molar-refractivity contribution is 5.71. The second kappa shape index (κ2) is 70.3. The fraction of sp³-hybridized carbons (Fsp3) is 0.803. The highest BCUT2D eigenvalue weighted by Crippen LogP contribution is 2.18. The summed E-state index contributed by atoms with van der Waals surface area (Å²) in [4.78, 5) is 38.3. The Bertz CT molecular complexity index is 1500. The van der Waals surface area contributed by atoms with E-state index in [1.165, 1.54) is 231 Å². The summed E-state index contributed by atoms with van der Waals surface area (Å²) in [6.07, 6.45) is 92.5. The van der Waals surface area contributed by atoms with Gasteiger partial charge in [0.05, 0.1) is 0 Å². The molecule has 0 heterocycles. The maximum absolute atomic E-state index is 12.9. The van der Waals surface area contributed by atoms with Crippen LogP contribution in [0.25, 0.3) is 0 Å². The summed E-state index contributed by atoms with van der Waals surface area (Å²) < 4.78 is 16.9. The summed E-state index contributed by atoms with van der Waals surface area (Å²) in [5.41, 5.74) is 0. The molecule has 0 fully saturated rings. The average Bonchev–Trinajstić information content (AvgIpc) is 3.47. The fourth-order valence-corrected chi connectivity index (χ4v) is 10.5. The number of unbranched alkanes of at least 4 members (excludes halogenated alkanes) is 43. The van der Waals surface area contributed by atoms with E-state index < -0.39 is 6.10 Å². The summed E-state index contributed by atoms with van der Waals surface area (Å²) >= 11 is 0. The highest BCUT2D eigenvalue weighted by Gasteiger charge is 2.19. The van der Waals surface area contributed by atoms with Gasteiger partial charge in [-0.3, -0.25) is 14.4 Å². The Kier molecular flexibility index (Phi) is 67.6. The first-order valence-corrected chi connectivity index (χ1v) is 35.9. The first-order valence-electron chi connectivity index (χ1n) is 35.9. The maximum atomic E-state index is 12.9. The normalized spacial score (nSPS) is 12.5. The predicted molar refractivity (Wildman–Crippen MR) is 358 cm³/mol. The minimum absolute atomic E-state index is 0.0845. The number of carbonyl (C=O) groups is 3. The molecule has 6 nitrogen and oxygen atoms in total. The van der Waals surface area contributed by atoms with Crippen molar-refractivity contribution in [3.05, 3.63) is 72.9 Å². The minimum atomic E-state index is -0.791. The number of esters is 3. The van der Waals surface area contributed by atoms with Gasteiger partial charge in [-0.25, -0.2) is 0 Å². The van der Waals surface area contributed by atoms with E-state index in [0.717, 1.165) is 103 Å². The number of rotatable bonds is 66. The minimum Gasteiger partial charge on any atom is -0.462 e. The molecule has 0 aliphatic carbocycles. The van der Waals surface area contributed by atoms with Gasteiger partial charge in [-0.1, -0.05) is 318 Å². The molecule has 0 rings (SSSR count). The molecule has 0 saturated heterocycles. The Labute approximate surface area is 510 Å². The quantitative estimate of drug-likeness (QED) is 0.0261. The number of hydrogen-bond donors (Lipinski definition) is 0. The number of ether oxygens (including phenoxy) is 3. The standard InChI is InChI=1S/C76H136O6/c1-4-7-10-13-16-19-22-25-27-29-30-31-32-33-34-35-36-37-38-39-40-41-42-43-44-45-46-47-49-51-54-57-60-63-66-69-75(78)81-72-73(71-80-74(77)68-65-62-59-56-53-50-24-21-18-15-12-9-6-3)82-76(79)70-67-64-61-58-55-52-48-28-26-23-20-17-14-11-8-5-2/h9,12,18,21-22,25,28-30,48,50,53,73H,4-8,10-11,13-17,19-20,23-24,26-27,31-47,49,51-52,54-72H2,1-3H3/b12-9-,21-18-,25-22-,30-29-,48-28-,53-50-. The van der Waals surface area contributed by atoms with Crippen LogP contribution in [0.1, 0.15) is 374 Å². The molecule has 476 valence electrons. The summed E-state index contributed by atoms with van der Waals surface area (Å²) in [6, 6.07) is 0. The molecule has 0 radical (unpaired) electrons. The van der Waals surface area contributed by atoms with Crippen molar-refractivity contribution in [2.24, 2.45) is 0 Å². The molecule has 0 spiro atoms. The van der Waals surface area contributed by atoms with Crippen molar-refractivity contribution in [3.8, 4) is 0 Å². The Morgan fingerprint density at radius 1 is 0.256 bits per heavy atom. The van der Waals surface area contributed by atoms with E-state index in [1.807, 2.05) is 0 Å². The number of hydrogen-bond acceptors (Lipinski definition) is 6. The van der Waals surface area contributed by atoms with Gasteiger partial charge in [-0.15, -0.1) is 0 Å². The molecule has 0 aliphatic heterocycles. The van der Waals surface area contributed by atoms with Gasteiger partial charge < -0.3 is 14.2 Å². The molecule has 1 atom stereocenters. The zero-order chi connectivity index (χ0) is 59.2. The number of allylic oxidation sites excluding steroid dienone is 12. The second-order valence-corrected chi connectivity index (χ2v) is 24.1. The Morgan fingerprint density at radius 3 is 0.768 bits per heavy atom. The van der Waals surface area contributed by atoms with Crippen LogP contribution in [-0.2, 0) is 28.6 Å². The SMILES string of the molecule is CC/C=C\C/C=C\C/C=C\CCCCCC(=O)OCC(COC(=O)CCCCCCCCCCCCCCCCCCCCCCCCC/C=C\C/C=C\CCCCCCC)OC(=O)CCCCCCC/C=C\CCCCCCCCC. The van der Waals surface area contributed by atoms with E-state index in [4.69, 9.17) is 14.2 Å². The van der Waals surface area contributed by atoms with Crippen LogP contribution in [0.15, 0.2) is 72.9 Å². The van der Waals surface area contributed by atoms with Crippen molar-refractivity contribution >= 4 is 17.9 Å². The fourth-order valence-electron chi connectivity index (χ4n) is 10.5. The Morgan fingerprint density at radius 2 is 0.476 bits per heavy atom. The van der Waals surface area contributed by atoms with Gasteiger partial charge in [-0.05, 0) is 109 Å². The molecule has 0 aromatic rings. The van der Waals surface area contributed by atoms with E-state index in [-0.39, 0.29) is 31.1 Å². The third-order valence-electron chi connectivity index (χ3n) is 15.9. The van der Waals surface area contributed by atoms with Gasteiger partial charge in [0.25, 0.3) is 0 Å². The topological polar surface area (TPSA) is 78.9 Å². The Balaban J connectivity index is 4.10. The lowest BCUT2D eigenvalue weighted by Gasteiger charge is -2.18. The molecule has 0 saturated carbocycles. The molecule has 0 N–H and O–H groups in total. The molecule has 82 heavy (non-hydrogen) atoms. The molecule has 0 aromatic carbocycles. The van der Waals surface area contributed by atoms with Crippen LogP contribution < -0.4 is 0 Å². The summed E-state index contributed by atoms with van der Waals surface area (Å²) in [6.45, 7) is 6.53. The lowest BCUT2D eigenvalue weighted by atomic mass is 10.0. The van der Waals surface area contributed by atoms with Crippen molar-refractivity contribution < 1.29 is 28.6 Å². The van der Waals surface area contributed by atoms with Crippen LogP contribution in [0.2, 0.25) is 0 Å². The van der Waals surface area contributed by atoms with E-state index in [0.29, 0.717) is 19.3 Å². The summed E-state index contributed by atoms with van der Waals surface area (Å²) in [7, 11) is 0. The molecule has 6 heteroatoms. The smallest absolute Gasteiger partial charge is 0.306 e. The lowest BCUT2D eigenvalue weighted by molar-refractivity contribution is -0.167. The van der Waals surface area contributed by atoms with E-state index >= 15 is 0 Å². The third kappa shape index (κ3) is 67.6. The van der Waals surface area contributed by atoms with E-state index in [1.54, 1.807) is 0 Å². The highest BCUT2D eigenvalue weighted by atomic mass is 16.6. The second-order valence-electron chi connectivity index (χ2n) is 24.1. The van der Waals surface area contributed by atoms with Crippen molar-refractivity contribution in [3.63, 3.8) is 0 Å². The summed E-state index contributed by atoms with van der Waals surface area (Å²) in [5.74, 6) is -0.905. The third-order valence-corrected chi connectivity index (χ3v) is 15.9. The number of carbonyl (C=O) groups excluding carboxylic acids is 3. The van der Waals surface area contributed by atoms with Gasteiger partial charge in [0, 0.05) is 19.3 Å². The average molecular weight is 1150 g/mol. The first kappa shape index (κ1) is 78.8. The molecule has 0 bridgehead atoms. The molecule has 0 aliphatic rings. The van der Waals surface area contributed by atoms with Gasteiger partial charge in [0.15, 0.2) is 6.10 Å². The monoisotopic (exact) mass is 1150 g/mol. The Hall–Kier alpha value is -3.15. The molecule has 1 unspecified atom stereocenters. The first-order chi connectivity index (χ1) is 40.5. The molecule has 0 aromatic heterocycles. The van der Waals surface area contributed by atoms with Gasteiger partial charge in [0.2, 0.25) is 0 Å². The molecular formula is C76H136O6. The summed E-state index contributed by atoms with van der Waals surface area (Å²) in [5, 5.41) is 0. The van der Waals surface area contributed by atoms with Gasteiger partial charge >= 0.3 is 17.9 Å². The van der Waals surface area contributed by atoms with Gasteiger partial charge in [-0.2, -0.15) is 0 Å². The maximum Gasteiger partial charge on any atom is 0.306 e. The van der Waals surface area contributed by atoms with Crippen LogP contribution in [0.3, 0.4) is 0 Å². The van der Waals surface area contributed by atoms with Gasteiger partial charge in [0.1, 0.15) is 13.2 Å².